The Bertz CT molecular complexity index is 464. The third kappa shape index (κ3) is 3.27. The minimum Gasteiger partial charge on any atom is -0.394 e. The zero-order valence-electron chi connectivity index (χ0n) is 10.1. The predicted octanol–water partition coefficient (Wildman–Crippen LogP) is 1.22. The molecule has 1 aliphatic rings. The van der Waals surface area contributed by atoms with Crippen LogP contribution in [0.25, 0.3) is 0 Å². The number of carbonyl (C=O) groups is 1. The molecular weight excluding hydrogens is 252 g/mol. The van der Waals surface area contributed by atoms with Crippen LogP contribution in [0.5, 0.6) is 0 Å². The van der Waals surface area contributed by atoms with Gasteiger partial charge in [-0.25, -0.2) is 0 Å². The number of hydrogen-bond acceptors (Lipinski definition) is 6. The second-order valence-electron chi connectivity index (χ2n) is 4.38. The van der Waals surface area contributed by atoms with E-state index < -0.39 is 23.0 Å². The van der Waals surface area contributed by atoms with Crippen molar-refractivity contribution in [3.8, 4) is 0 Å². The summed E-state index contributed by atoms with van der Waals surface area (Å²) in [7, 11) is 0. The highest BCUT2D eigenvalue weighted by molar-refractivity contribution is 5.73. The summed E-state index contributed by atoms with van der Waals surface area (Å²) in [6, 6.07) is 8.08. The second-order valence-corrected chi connectivity index (χ2v) is 4.38. The summed E-state index contributed by atoms with van der Waals surface area (Å²) < 4.78 is 4.95. The molecule has 0 aromatic heterocycles. The zero-order valence-corrected chi connectivity index (χ0v) is 10.1. The predicted molar refractivity (Wildman–Crippen MR) is 63.7 cm³/mol. The van der Waals surface area contributed by atoms with E-state index in [2.05, 4.69) is 0 Å². The molecule has 0 spiro atoms. The second kappa shape index (κ2) is 5.77. The molecule has 0 amide bonds. The number of rotatable bonds is 4. The third-order valence-electron chi connectivity index (χ3n) is 3.00. The average molecular weight is 266 g/mol. The van der Waals surface area contributed by atoms with Crippen LogP contribution < -0.4 is 0 Å². The maximum absolute atomic E-state index is 11.8. The smallest absolute Gasteiger partial charge is 0.382 e. The molecule has 1 saturated heterocycles. The Hall–Kier alpha value is -1.99. The Balaban J connectivity index is 2.05. The topological polar surface area (TPSA) is 92.9 Å². The molecule has 0 aliphatic carbocycles. The molecule has 2 rings (SSSR count). The van der Waals surface area contributed by atoms with Gasteiger partial charge in [0, 0.05) is 13.1 Å². The van der Waals surface area contributed by atoms with Gasteiger partial charge in [0.05, 0.1) is 16.4 Å². The number of ether oxygens (including phenoxy) is 1. The lowest BCUT2D eigenvalue weighted by molar-refractivity contribution is -0.576. The van der Waals surface area contributed by atoms with Crippen molar-refractivity contribution in [3.05, 3.63) is 46.0 Å². The lowest BCUT2D eigenvalue weighted by Crippen LogP contribution is -2.26. The molecule has 7 nitrogen and oxygen atoms in total. The Morgan fingerprint density at radius 2 is 2.16 bits per heavy atom. The first-order chi connectivity index (χ1) is 9.08. The number of carbonyl (C=O) groups excluding carboxylic acids is 1. The van der Waals surface area contributed by atoms with Crippen molar-refractivity contribution in [2.45, 2.75) is 12.6 Å². The quantitative estimate of drug-likeness (QED) is 0.381. The number of nitrogens with zero attached hydrogens (tertiary/aromatic N) is 2. The molecule has 102 valence electrons. The standard InChI is InChI=1S/C12H14N2O5/c15-12(10-6-7-13(16)8-10)19-11(14(17)18)9-4-2-1-3-5-9/h1-5,10-11,16H,6-8H2. The molecule has 1 fully saturated rings. The molecule has 1 heterocycles. The summed E-state index contributed by atoms with van der Waals surface area (Å²) >= 11 is 0. The van der Waals surface area contributed by atoms with Crippen LogP contribution in [0.4, 0.5) is 0 Å². The molecule has 1 N–H and O–H groups in total. The average Bonchev–Trinajstić information content (AvgIpc) is 2.83. The van der Waals surface area contributed by atoms with Gasteiger partial charge in [0.1, 0.15) is 0 Å². The summed E-state index contributed by atoms with van der Waals surface area (Å²) in [5, 5.41) is 21.2. The van der Waals surface area contributed by atoms with Gasteiger partial charge in [0.15, 0.2) is 0 Å². The monoisotopic (exact) mass is 266 g/mol. The first-order valence-electron chi connectivity index (χ1n) is 5.90. The molecular formula is C12H14N2O5. The molecule has 7 heteroatoms. The van der Waals surface area contributed by atoms with Gasteiger partial charge >= 0.3 is 12.2 Å². The molecule has 1 aromatic rings. The molecule has 2 unspecified atom stereocenters. The van der Waals surface area contributed by atoms with Crippen LogP contribution in [-0.4, -0.2) is 34.3 Å². The summed E-state index contributed by atoms with van der Waals surface area (Å²) in [6.45, 7) is 0.520. The van der Waals surface area contributed by atoms with E-state index in [0.29, 0.717) is 18.5 Å². The lowest BCUT2D eigenvalue weighted by Gasteiger charge is -2.13. The highest BCUT2D eigenvalue weighted by Gasteiger charge is 2.34. The fourth-order valence-corrected chi connectivity index (χ4v) is 1.99. The maximum atomic E-state index is 11.8. The van der Waals surface area contributed by atoms with Crippen LogP contribution in [0, 0.1) is 16.0 Å². The van der Waals surface area contributed by atoms with Crippen molar-refractivity contribution in [1.82, 2.24) is 5.06 Å². The Morgan fingerprint density at radius 3 is 2.68 bits per heavy atom. The van der Waals surface area contributed by atoms with E-state index in [4.69, 9.17) is 4.74 Å². The minimum absolute atomic E-state index is 0.151. The van der Waals surface area contributed by atoms with Crippen molar-refractivity contribution in [3.63, 3.8) is 0 Å². The fraction of sp³-hybridized carbons (Fsp3) is 0.417. The minimum atomic E-state index is -1.50. The molecule has 2 atom stereocenters. The molecule has 0 bridgehead atoms. The van der Waals surface area contributed by atoms with Gasteiger partial charge in [0.25, 0.3) is 0 Å². The first kappa shape index (κ1) is 13.4. The number of nitro groups is 1. The van der Waals surface area contributed by atoms with Gasteiger partial charge in [-0.15, -0.1) is 0 Å². The van der Waals surface area contributed by atoms with E-state index in [1.165, 1.54) is 12.1 Å². The van der Waals surface area contributed by atoms with E-state index in [-0.39, 0.29) is 6.54 Å². The lowest BCUT2D eigenvalue weighted by atomic mass is 10.1. The number of esters is 1. The van der Waals surface area contributed by atoms with E-state index in [1.54, 1.807) is 18.2 Å². The maximum Gasteiger partial charge on any atom is 0.382 e. The van der Waals surface area contributed by atoms with Crippen LogP contribution >= 0.6 is 0 Å². The van der Waals surface area contributed by atoms with Gasteiger partial charge in [-0.2, -0.15) is 5.06 Å². The van der Waals surface area contributed by atoms with E-state index in [1.807, 2.05) is 0 Å². The first-order valence-corrected chi connectivity index (χ1v) is 5.90. The van der Waals surface area contributed by atoms with Gasteiger partial charge in [-0.05, 0) is 18.6 Å². The summed E-state index contributed by atoms with van der Waals surface area (Å²) in [6.07, 6.45) is -1.06. The molecule has 19 heavy (non-hydrogen) atoms. The van der Waals surface area contributed by atoms with Gasteiger partial charge < -0.3 is 9.94 Å². The van der Waals surface area contributed by atoms with Crippen LogP contribution in [-0.2, 0) is 9.53 Å². The van der Waals surface area contributed by atoms with Crippen LogP contribution in [0.15, 0.2) is 30.3 Å². The van der Waals surface area contributed by atoms with Gasteiger partial charge in [-0.1, -0.05) is 18.2 Å². The summed E-state index contributed by atoms with van der Waals surface area (Å²) in [5.74, 6) is -1.17. The SMILES string of the molecule is O=C(OC(c1ccccc1)[N+](=O)[O-])C1CCN(O)C1. The van der Waals surface area contributed by atoms with Crippen molar-refractivity contribution < 1.29 is 19.7 Å². The van der Waals surface area contributed by atoms with Gasteiger partial charge in [-0.3, -0.25) is 14.9 Å². The largest absolute Gasteiger partial charge is 0.394 e. The molecule has 1 aliphatic heterocycles. The zero-order chi connectivity index (χ0) is 13.8. The van der Waals surface area contributed by atoms with E-state index in [0.717, 1.165) is 5.06 Å². The van der Waals surface area contributed by atoms with Crippen molar-refractivity contribution in [2.75, 3.05) is 13.1 Å². The van der Waals surface area contributed by atoms with Crippen LogP contribution in [0.1, 0.15) is 18.2 Å². The van der Waals surface area contributed by atoms with E-state index >= 15 is 0 Å². The Morgan fingerprint density at radius 1 is 1.47 bits per heavy atom. The van der Waals surface area contributed by atoms with Crippen molar-refractivity contribution >= 4 is 5.97 Å². The molecule has 1 aromatic carbocycles. The van der Waals surface area contributed by atoms with E-state index in [9.17, 15) is 20.1 Å². The Labute approximate surface area is 109 Å². The normalized spacial score (nSPS) is 21.0. The number of hydrogen-bond donors (Lipinski definition) is 1. The third-order valence-corrected chi connectivity index (χ3v) is 3.00. The van der Waals surface area contributed by atoms with Crippen molar-refractivity contribution in [1.29, 1.82) is 0 Å². The Kier molecular flexibility index (Phi) is 4.08. The van der Waals surface area contributed by atoms with Crippen LogP contribution in [0.3, 0.4) is 0 Å². The highest BCUT2D eigenvalue weighted by atomic mass is 16.7. The summed E-state index contributed by atoms with van der Waals surface area (Å²) in [4.78, 5) is 22.2. The number of hydroxylamine groups is 2. The molecule has 0 saturated carbocycles. The highest BCUT2D eigenvalue weighted by Crippen LogP contribution is 2.22. The van der Waals surface area contributed by atoms with Crippen molar-refractivity contribution in [2.24, 2.45) is 5.92 Å². The van der Waals surface area contributed by atoms with Crippen LogP contribution in [0.2, 0.25) is 0 Å². The number of benzene rings is 1. The molecule has 0 radical (unpaired) electrons. The fourth-order valence-electron chi connectivity index (χ4n) is 1.99. The van der Waals surface area contributed by atoms with Gasteiger partial charge in [0.2, 0.25) is 0 Å². The summed E-state index contributed by atoms with van der Waals surface area (Å²) in [5.41, 5.74) is 0.319.